The number of thiazole rings is 1. The average Bonchev–Trinajstić information content (AvgIpc) is 2.66. The van der Waals surface area contributed by atoms with Crippen LogP contribution in [0.5, 0.6) is 0 Å². The lowest BCUT2D eigenvalue weighted by molar-refractivity contribution is 0.297. The molecular weight excluding hydrogens is 194 g/mol. The molecule has 14 heavy (non-hydrogen) atoms. The molecule has 1 rings (SSSR count). The molecule has 0 amide bonds. The van der Waals surface area contributed by atoms with Gasteiger partial charge in [0, 0.05) is 11.9 Å². The van der Waals surface area contributed by atoms with Crippen LogP contribution < -0.4 is 5.73 Å². The van der Waals surface area contributed by atoms with Crippen LogP contribution in [0.15, 0.2) is 10.9 Å². The van der Waals surface area contributed by atoms with Gasteiger partial charge in [-0.05, 0) is 32.5 Å². The molecule has 0 saturated carbocycles. The minimum Gasteiger partial charge on any atom is -0.330 e. The van der Waals surface area contributed by atoms with Crippen LogP contribution in [0.3, 0.4) is 0 Å². The molecule has 0 aromatic carbocycles. The fraction of sp³-hybridized carbons (Fsp3) is 0.700. The summed E-state index contributed by atoms with van der Waals surface area (Å²) in [6.07, 6.45) is 1.16. The first-order valence-corrected chi connectivity index (χ1v) is 5.92. The number of aromatic nitrogens is 1. The van der Waals surface area contributed by atoms with Crippen LogP contribution >= 0.6 is 11.3 Å². The topological polar surface area (TPSA) is 42.1 Å². The maximum atomic E-state index is 5.57. The fourth-order valence-electron chi connectivity index (χ4n) is 1.23. The lowest BCUT2D eigenvalue weighted by Gasteiger charge is -2.17. The van der Waals surface area contributed by atoms with Gasteiger partial charge in [0.25, 0.3) is 0 Å². The Morgan fingerprint density at radius 1 is 1.64 bits per heavy atom. The molecule has 3 nitrogen and oxygen atoms in total. The summed E-state index contributed by atoms with van der Waals surface area (Å²) in [5.41, 5.74) is 8.61. The predicted molar refractivity (Wildman–Crippen MR) is 61.3 cm³/mol. The molecule has 80 valence electrons. The SMILES string of the molecule is CC(CN)CCN(C)Cc1cscn1. The van der Waals surface area contributed by atoms with E-state index in [9.17, 15) is 0 Å². The summed E-state index contributed by atoms with van der Waals surface area (Å²) >= 11 is 1.65. The van der Waals surface area contributed by atoms with Gasteiger partial charge in [0.05, 0.1) is 11.2 Å². The minimum absolute atomic E-state index is 0.618. The molecule has 0 bridgehead atoms. The van der Waals surface area contributed by atoms with Crippen LogP contribution in [-0.4, -0.2) is 30.0 Å². The molecule has 0 spiro atoms. The molecule has 0 saturated heterocycles. The van der Waals surface area contributed by atoms with Gasteiger partial charge < -0.3 is 10.6 Å². The van der Waals surface area contributed by atoms with E-state index >= 15 is 0 Å². The Morgan fingerprint density at radius 2 is 2.43 bits per heavy atom. The fourth-order valence-corrected chi connectivity index (χ4v) is 1.78. The van der Waals surface area contributed by atoms with Gasteiger partial charge in [-0.3, -0.25) is 0 Å². The highest BCUT2D eigenvalue weighted by atomic mass is 32.1. The summed E-state index contributed by atoms with van der Waals surface area (Å²) < 4.78 is 0. The summed E-state index contributed by atoms with van der Waals surface area (Å²) in [7, 11) is 2.13. The van der Waals surface area contributed by atoms with Crippen LogP contribution in [-0.2, 0) is 6.54 Å². The van der Waals surface area contributed by atoms with Crippen molar-refractivity contribution in [2.75, 3.05) is 20.1 Å². The molecule has 1 atom stereocenters. The van der Waals surface area contributed by atoms with Gasteiger partial charge in [-0.2, -0.15) is 0 Å². The van der Waals surface area contributed by atoms with Crippen LogP contribution in [0.25, 0.3) is 0 Å². The first-order valence-electron chi connectivity index (χ1n) is 4.98. The number of nitrogens with two attached hydrogens (primary N) is 1. The summed E-state index contributed by atoms with van der Waals surface area (Å²) in [6.45, 7) is 5.01. The molecule has 1 heterocycles. The van der Waals surface area contributed by atoms with Gasteiger partial charge in [-0.25, -0.2) is 4.98 Å². The van der Waals surface area contributed by atoms with E-state index in [1.54, 1.807) is 11.3 Å². The summed E-state index contributed by atoms with van der Waals surface area (Å²) in [4.78, 5) is 6.55. The Morgan fingerprint density at radius 3 is 3.00 bits per heavy atom. The average molecular weight is 213 g/mol. The third-order valence-corrected chi connectivity index (χ3v) is 2.96. The Bertz CT molecular complexity index is 236. The van der Waals surface area contributed by atoms with Crippen molar-refractivity contribution in [2.45, 2.75) is 19.9 Å². The summed E-state index contributed by atoms with van der Waals surface area (Å²) in [5.74, 6) is 0.618. The van der Waals surface area contributed by atoms with E-state index in [2.05, 4.69) is 29.2 Å². The Balaban J connectivity index is 2.19. The molecule has 0 radical (unpaired) electrons. The smallest absolute Gasteiger partial charge is 0.0795 e. The lowest BCUT2D eigenvalue weighted by Crippen LogP contribution is -2.23. The van der Waals surface area contributed by atoms with Crippen molar-refractivity contribution in [1.82, 2.24) is 9.88 Å². The molecule has 0 fully saturated rings. The third-order valence-electron chi connectivity index (χ3n) is 2.32. The maximum absolute atomic E-state index is 5.57. The molecule has 0 aliphatic carbocycles. The standard InChI is InChI=1S/C10H19N3S/c1-9(5-11)3-4-13(2)6-10-7-14-8-12-10/h7-9H,3-6,11H2,1-2H3. The molecule has 0 aliphatic rings. The second-order valence-corrected chi connectivity index (χ2v) is 4.57. The van der Waals surface area contributed by atoms with Crippen LogP contribution in [0, 0.1) is 5.92 Å². The molecule has 1 aromatic heterocycles. The van der Waals surface area contributed by atoms with Crippen molar-refractivity contribution in [3.63, 3.8) is 0 Å². The summed E-state index contributed by atoms with van der Waals surface area (Å²) in [6, 6.07) is 0. The van der Waals surface area contributed by atoms with Crippen molar-refractivity contribution in [3.05, 3.63) is 16.6 Å². The second-order valence-electron chi connectivity index (χ2n) is 3.85. The van der Waals surface area contributed by atoms with E-state index in [-0.39, 0.29) is 0 Å². The number of hydrogen-bond donors (Lipinski definition) is 1. The van der Waals surface area contributed by atoms with Crippen LogP contribution in [0.1, 0.15) is 19.0 Å². The van der Waals surface area contributed by atoms with Crippen molar-refractivity contribution in [1.29, 1.82) is 0 Å². The van der Waals surface area contributed by atoms with Gasteiger partial charge in [0.1, 0.15) is 0 Å². The van der Waals surface area contributed by atoms with Crippen LogP contribution in [0.4, 0.5) is 0 Å². The second kappa shape index (κ2) is 6.11. The quantitative estimate of drug-likeness (QED) is 0.780. The largest absolute Gasteiger partial charge is 0.330 e. The van der Waals surface area contributed by atoms with Gasteiger partial charge in [-0.15, -0.1) is 11.3 Å². The first kappa shape index (κ1) is 11.6. The molecule has 2 N–H and O–H groups in total. The van der Waals surface area contributed by atoms with Gasteiger partial charge in [0.2, 0.25) is 0 Å². The molecule has 1 unspecified atom stereocenters. The molecule has 4 heteroatoms. The lowest BCUT2D eigenvalue weighted by atomic mass is 10.1. The van der Waals surface area contributed by atoms with Crippen molar-refractivity contribution >= 4 is 11.3 Å². The minimum atomic E-state index is 0.618. The monoisotopic (exact) mass is 213 g/mol. The van der Waals surface area contributed by atoms with Gasteiger partial charge in [0.15, 0.2) is 0 Å². The Labute approximate surface area is 89.9 Å². The third kappa shape index (κ3) is 4.17. The zero-order valence-corrected chi connectivity index (χ0v) is 9.76. The molecule has 1 aromatic rings. The van der Waals surface area contributed by atoms with Crippen molar-refractivity contribution in [3.8, 4) is 0 Å². The highest BCUT2D eigenvalue weighted by Crippen LogP contribution is 2.06. The Kier molecular flexibility index (Phi) is 5.07. The van der Waals surface area contributed by atoms with Gasteiger partial charge >= 0.3 is 0 Å². The van der Waals surface area contributed by atoms with Gasteiger partial charge in [-0.1, -0.05) is 6.92 Å². The highest BCUT2D eigenvalue weighted by molar-refractivity contribution is 7.07. The molecular formula is C10H19N3S. The molecule has 0 aliphatic heterocycles. The zero-order chi connectivity index (χ0) is 10.4. The predicted octanol–water partition coefficient (Wildman–Crippen LogP) is 1.56. The van der Waals surface area contributed by atoms with Crippen molar-refractivity contribution in [2.24, 2.45) is 11.7 Å². The summed E-state index contributed by atoms with van der Waals surface area (Å²) in [5, 5.41) is 2.10. The number of rotatable bonds is 6. The maximum Gasteiger partial charge on any atom is 0.0795 e. The Hall–Kier alpha value is -0.450. The van der Waals surface area contributed by atoms with E-state index in [4.69, 9.17) is 5.73 Å². The van der Waals surface area contributed by atoms with Crippen molar-refractivity contribution < 1.29 is 0 Å². The van der Waals surface area contributed by atoms with Crippen LogP contribution in [0.2, 0.25) is 0 Å². The van der Waals surface area contributed by atoms with E-state index in [1.165, 1.54) is 0 Å². The van der Waals surface area contributed by atoms with E-state index in [0.717, 1.165) is 31.7 Å². The van der Waals surface area contributed by atoms with E-state index < -0.39 is 0 Å². The normalized spacial score (nSPS) is 13.4. The zero-order valence-electron chi connectivity index (χ0n) is 8.94. The first-order chi connectivity index (χ1) is 6.72. The number of nitrogens with zero attached hydrogens (tertiary/aromatic N) is 2. The number of hydrogen-bond acceptors (Lipinski definition) is 4. The van der Waals surface area contributed by atoms with E-state index in [0.29, 0.717) is 5.92 Å². The van der Waals surface area contributed by atoms with E-state index in [1.807, 2.05) is 5.51 Å². The highest BCUT2D eigenvalue weighted by Gasteiger charge is 2.04.